The molecule has 0 aliphatic rings. The summed E-state index contributed by atoms with van der Waals surface area (Å²) in [6.45, 7) is 12.1. The van der Waals surface area contributed by atoms with Gasteiger partial charge in [0.1, 0.15) is 0 Å². The fourth-order valence-electron chi connectivity index (χ4n) is 0.898. The van der Waals surface area contributed by atoms with E-state index in [-0.39, 0.29) is 0 Å². The predicted molar refractivity (Wildman–Crippen MR) is 73.3 cm³/mol. The summed E-state index contributed by atoms with van der Waals surface area (Å²) < 4.78 is 24.9. The van der Waals surface area contributed by atoms with Crippen molar-refractivity contribution < 1.29 is 25.7 Å². The van der Waals surface area contributed by atoms with Crippen LogP contribution in [0.5, 0.6) is 0 Å². The molecule has 6 nitrogen and oxygen atoms in total. The maximum absolute atomic E-state index is 9.48. The molecule has 0 aromatic heterocycles. The van der Waals surface area contributed by atoms with Crippen molar-refractivity contribution in [3.8, 4) is 0 Å². The van der Waals surface area contributed by atoms with Crippen molar-refractivity contribution in [3.05, 3.63) is 0 Å². The van der Waals surface area contributed by atoms with E-state index in [1.165, 1.54) is 0 Å². The Morgan fingerprint density at radius 1 is 0.722 bits per heavy atom. The molecule has 0 aromatic rings. The van der Waals surface area contributed by atoms with Gasteiger partial charge >= 0.3 is 24.9 Å². The second-order valence-corrected chi connectivity index (χ2v) is 5.89. The third kappa shape index (κ3) is 14.6. The van der Waals surface area contributed by atoms with Crippen LogP contribution in [0.2, 0.25) is 0 Å². The van der Waals surface area contributed by atoms with Gasteiger partial charge < -0.3 is 25.7 Å². The van der Waals surface area contributed by atoms with E-state index in [0.717, 1.165) is 13.2 Å². The first-order chi connectivity index (χ1) is 8.60. The summed E-state index contributed by atoms with van der Waals surface area (Å²) in [7, 11) is -3.25. The summed E-state index contributed by atoms with van der Waals surface area (Å²) in [5, 5.41) is 0. The molecule has 0 aliphatic heterocycles. The fourth-order valence-corrected chi connectivity index (χ4v) is 2.69. The average Bonchev–Trinajstić information content (AvgIpc) is 2.31. The minimum absolute atomic E-state index is 0.405. The SMILES string of the molecule is CCO[Si](O)(OCC)OCC.CC[O][AlH][O]CC. The highest BCUT2D eigenvalue weighted by molar-refractivity contribution is 6.51. The minimum atomic E-state index is -3.25. The van der Waals surface area contributed by atoms with Gasteiger partial charge in [0.25, 0.3) is 0 Å². The summed E-state index contributed by atoms with van der Waals surface area (Å²) in [6, 6.07) is 0. The first-order valence-electron chi connectivity index (χ1n) is 6.39. The topological polar surface area (TPSA) is 66.4 Å². The lowest BCUT2D eigenvalue weighted by Gasteiger charge is -2.20. The molecule has 0 spiro atoms. The van der Waals surface area contributed by atoms with Gasteiger partial charge in [-0.2, -0.15) is 0 Å². The Labute approximate surface area is 118 Å². The summed E-state index contributed by atoms with van der Waals surface area (Å²) in [6.07, 6.45) is 0. The second-order valence-electron chi connectivity index (χ2n) is 2.93. The minimum Gasteiger partial charge on any atom is -0.481 e. The van der Waals surface area contributed by atoms with E-state index >= 15 is 0 Å². The lowest BCUT2D eigenvalue weighted by Crippen LogP contribution is -2.46. The van der Waals surface area contributed by atoms with E-state index < -0.39 is 24.9 Å². The van der Waals surface area contributed by atoms with E-state index in [9.17, 15) is 4.80 Å². The first kappa shape index (κ1) is 20.8. The van der Waals surface area contributed by atoms with Gasteiger partial charge in [0, 0.05) is 33.0 Å². The molecule has 0 saturated carbocycles. The Bertz CT molecular complexity index is 142. The van der Waals surface area contributed by atoms with E-state index in [4.69, 9.17) is 20.9 Å². The van der Waals surface area contributed by atoms with Crippen molar-refractivity contribution in [1.29, 1.82) is 0 Å². The molecule has 1 N–H and O–H groups in total. The highest BCUT2D eigenvalue weighted by Gasteiger charge is 2.39. The van der Waals surface area contributed by atoms with Crippen molar-refractivity contribution in [2.75, 3.05) is 33.0 Å². The highest BCUT2D eigenvalue weighted by Crippen LogP contribution is 2.04. The fraction of sp³-hybridized carbons (Fsp3) is 1.00. The standard InChI is InChI=1S/C6H16O4Si.2C2H5O.Al.H/c1-4-8-11(7,9-5-2)10-6-3;2*1-2-3;;/h7H,4-6H2,1-3H3;2*2H2,1H3;;/q;2*-1;+2;. The lowest BCUT2D eigenvalue weighted by molar-refractivity contribution is 0.00146. The third-order valence-electron chi connectivity index (χ3n) is 1.56. The van der Waals surface area contributed by atoms with Gasteiger partial charge in [0.05, 0.1) is 0 Å². The summed E-state index contributed by atoms with van der Waals surface area (Å²) in [5.41, 5.74) is 0. The molecule has 0 aromatic carbocycles. The van der Waals surface area contributed by atoms with Crippen molar-refractivity contribution in [2.24, 2.45) is 0 Å². The van der Waals surface area contributed by atoms with Crippen molar-refractivity contribution >= 4 is 24.9 Å². The number of hydrogen-bond acceptors (Lipinski definition) is 6. The molecule has 110 valence electrons. The largest absolute Gasteiger partial charge is 0.676 e. The molecule has 0 saturated heterocycles. The van der Waals surface area contributed by atoms with Gasteiger partial charge in [-0.1, -0.05) is 0 Å². The highest BCUT2D eigenvalue weighted by atomic mass is 28.4. The van der Waals surface area contributed by atoms with Crippen molar-refractivity contribution in [3.63, 3.8) is 0 Å². The van der Waals surface area contributed by atoms with Crippen LogP contribution in [0.4, 0.5) is 0 Å². The molecule has 0 amide bonds. The van der Waals surface area contributed by atoms with Crippen LogP contribution in [0, 0.1) is 0 Å². The molecule has 0 atom stereocenters. The Morgan fingerprint density at radius 3 is 1.28 bits per heavy atom. The molecule has 0 bridgehead atoms. The molecule has 0 aliphatic carbocycles. The van der Waals surface area contributed by atoms with Crippen LogP contribution in [0.15, 0.2) is 0 Å². The van der Waals surface area contributed by atoms with Crippen molar-refractivity contribution in [2.45, 2.75) is 34.6 Å². The molecular formula is C10H27AlO6Si. The lowest BCUT2D eigenvalue weighted by atomic mass is 10.9. The molecule has 0 radical (unpaired) electrons. The van der Waals surface area contributed by atoms with Crippen LogP contribution < -0.4 is 0 Å². The zero-order valence-corrected chi connectivity index (χ0v) is 14.6. The van der Waals surface area contributed by atoms with Crippen LogP contribution in [-0.2, 0) is 20.9 Å². The van der Waals surface area contributed by atoms with Gasteiger partial charge in [-0.15, -0.1) is 0 Å². The summed E-state index contributed by atoms with van der Waals surface area (Å²) >= 11 is -0.589. The number of hydrogen-bond donors (Lipinski definition) is 1. The first-order valence-corrected chi connectivity index (χ1v) is 9.22. The Hall–Kier alpha value is 0.509. The molecule has 0 heterocycles. The van der Waals surface area contributed by atoms with Crippen LogP contribution in [0.3, 0.4) is 0 Å². The average molecular weight is 298 g/mol. The smallest absolute Gasteiger partial charge is 0.481 e. The zero-order valence-electron chi connectivity index (χ0n) is 12.2. The number of rotatable bonds is 10. The van der Waals surface area contributed by atoms with Gasteiger partial charge in [-0.05, 0) is 34.6 Å². The normalized spacial score (nSPS) is 10.8. The van der Waals surface area contributed by atoms with Gasteiger partial charge in [0.15, 0.2) is 0 Å². The van der Waals surface area contributed by atoms with E-state index in [1.807, 2.05) is 13.8 Å². The monoisotopic (exact) mass is 298 g/mol. The van der Waals surface area contributed by atoms with E-state index in [2.05, 4.69) is 0 Å². The molecule has 18 heavy (non-hydrogen) atoms. The third-order valence-corrected chi connectivity index (χ3v) is 4.67. The van der Waals surface area contributed by atoms with Gasteiger partial charge in [-0.3, -0.25) is 0 Å². The Balaban J connectivity index is 0. The van der Waals surface area contributed by atoms with E-state index in [1.54, 1.807) is 20.8 Å². The summed E-state index contributed by atoms with van der Waals surface area (Å²) in [5.74, 6) is 0. The molecule has 8 heteroatoms. The maximum atomic E-state index is 9.48. The van der Waals surface area contributed by atoms with Crippen LogP contribution in [-0.4, -0.2) is 62.8 Å². The second kappa shape index (κ2) is 15.6. The zero-order chi connectivity index (χ0) is 14.3. The molecule has 0 unspecified atom stereocenters. The van der Waals surface area contributed by atoms with E-state index in [0.29, 0.717) is 19.8 Å². The quantitative estimate of drug-likeness (QED) is 0.476. The Morgan fingerprint density at radius 2 is 1.06 bits per heavy atom. The summed E-state index contributed by atoms with van der Waals surface area (Å²) in [4.78, 5) is 9.48. The van der Waals surface area contributed by atoms with Gasteiger partial charge in [-0.25, -0.2) is 0 Å². The molecule has 0 fully saturated rings. The molecule has 0 rings (SSSR count). The van der Waals surface area contributed by atoms with Crippen LogP contribution >= 0.6 is 0 Å². The Kier molecular flexibility index (Phi) is 18.0. The van der Waals surface area contributed by atoms with Gasteiger partial charge in [0.2, 0.25) is 0 Å². The predicted octanol–water partition coefficient (Wildman–Crippen LogP) is 0.850. The van der Waals surface area contributed by atoms with Crippen LogP contribution in [0.1, 0.15) is 34.6 Å². The maximum Gasteiger partial charge on any atom is 0.676 e. The van der Waals surface area contributed by atoms with Crippen molar-refractivity contribution in [1.82, 2.24) is 0 Å². The van der Waals surface area contributed by atoms with Crippen LogP contribution in [0.25, 0.3) is 0 Å². The molecular weight excluding hydrogens is 271 g/mol.